The van der Waals surface area contributed by atoms with E-state index in [1.807, 2.05) is 34.6 Å². The van der Waals surface area contributed by atoms with Crippen molar-refractivity contribution < 1.29 is 19.4 Å². The number of carbonyl (C=O) groups excluding carboxylic acids is 2. The molecule has 140 valence electrons. The molecule has 1 aliphatic carbocycles. The van der Waals surface area contributed by atoms with Gasteiger partial charge in [0, 0.05) is 12.5 Å². The van der Waals surface area contributed by atoms with Gasteiger partial charge >= 0.3 is 6.09 Å². The van der Waals surface area contributed by atoms with Gasteiger partial charge in [-0.1, -0.05) is 33.1 Å². The predicted octanol–water partition coefficient (Wildman–Crippen LogP) is 3.83. The summed E-state index contributed by atoms with van der Waals surface area (Å²) in [4.78, 5) is 24.5. The Morgan fingerprint density at radius 2 is 1.75 bits per heavy atom. The Morgan fingerprint density at radius 3 is 2.25 bits per heavy atom. The molecule has 1 saturated carbocycles. The van der Waals surface area contributed by atoms with Crippen LogP contribution in [0.5, 0.6) is 0 Å². The average Bonchev–Trinajstić information content (AvgIpc) is 2.44. The zero-order valence-electron chi connectivity index (χ0n) is 15.9. The van der Waals surface area contributed by atoms with Crippen LogP contribution in [0.15, 0.2) is 0 Å². The molecule has 0 aromatic carbocycles. The van der Waals surface area contributed by atoms with Gasteiger partial charge in [-0.05, 0) is 51.9 Å². The maximum absolute atomic E-state index is 12.4. The first-order chi connectivity index (χ1) is 11.1. The van der Waals surface area contributed by atoms with Gasteiger partial charge in [-0.25, -0.2) is 4.79 Å². The van der Waals surface area contributed by atoms with Crippen LogP contribution < -0.4 is 5.32 Å². The summed E-state index contributed by atoms with van der Waals surface area (Å²) >= 11 is 0. The Morgan fingerprint density at radius 1 is 1.17 bits per heavy atom. The number of ether oxygens (including phenoxy) is 1. The van der Waals surface area contributed by atoms with Gasteiger partial charge in [0.25, 0.3) is 0 Å². The van der Waals surface area contributed by atoms with Crippen LogP contribution in [0.1, 0.15) is 79.6 Å². The number of nitrogens with one attached hydrogen (secondary N) is 1. The molecule has 5 heteroatoms. The fourth-order valence-electron chi connectivity index (χ4n) is 3.26. The molecule has 1 amide bonds. The number of aliphatic hydroxyl groups excluding tert-OH is 1. The molecular weight excluding hydrogens is 306 g/mol. The highest BCUT2D eigenvalue weighted by molar-refractivity contribution is 5.84. The molecule has 0 heterocycles. The SMILES string of the molecule is CC(C)CC(O)C(=O)CC(NC(=O)OC(C)(C)C)C1CCCCC1. The molecule has 24 heavy (non-hydrogen) atoms. The number of carbonyl (C=O) groups is 2. The van der Waals surface area contributed by atoms with Crippen molar-refractivity contribution in [1.29, 1.82) is 0 Å². The van der Waals surface area contributed by atoms with Crippen LogP contribution in [0.2, 0.25) is 0 Å². The zero-order chi connectivity index (χ0) is 18.3. The maximum atomic E-state index is 12.4. The van der Waals surface area contributed by atoms with Crippen LogP contribution in [-0.2, 0) is 9.53 Å². The molecule has 5 nitrogen and oxygen atoms in total. The van der Waals surface area contributed by atoms with Crippen molar-refractivity contribution in [1.82, 2.24) is 5.32 Å². The van der Waals surface area contributed by atoms with Crippen molar-refractivity contribution >= 4 is 11.9 Å². The maximum Gasteiger partial charge on any atom is 0.407 e. The topological polar surface area (TPSA) is 75.6 Å². The number of rotatable bonds is 7. The minimum atomic E-state index is -0.948. The highest BCUT2D eigenvalue weighted by atomic mass is 16.6. The molecule has 2 N–H and O–H groups in total. The molecule has 0 aliphatic heterocycles. The molecule has 1 fully saturated rings. The fourth-order valence-corrected chi connectivity index (χ4v) is 3.26. The molecular formula is C19H35NO4. The van der Waals surface area contributed by atoms with E-state index in [2.05, 4.69) is 5.32 Å². The van der Waals surface area contributed by atoms with Crippen LogP contribution in [0.3, 0.4) is 0 Å². The Hall–Kier alpha value is -1.10. The van der Waals surface area contributed by atoms with E-state index >= 15 is 0 Å². The van der Waals surface area contributed by atoms with E-state index in [-0.39, 0.29) is 30.1 Å². The summed E-state index contributed by atoms with van der Waals surface area (Å²) in [5.41, 5.74) is -0.567. The van der Waals surface area contributed by atoms with Gasteiger partial charge in [-0.15, -0.1) is 0 Å². The van der Waals surface area contributed by atoms with Gasteiger partial charge < -0.3 is 15.2 Å². The van der Waals surface area contributed by atoms with Gasteiger partial charge in [0.05, 0.1) is 0 Å². The normalized spacial score (nSPS) is 19.0. The van der Waals surface area contributed by atoms with Crippen LogP contribution in [-0.4, -0.2) is 34.7 Å². The molecule has 0 aromatic rings. The van der Waals surface area contributed by atoms with Crippen molar-refractivity contribution in [3.8, 4) is 0 Å². The van der Waals surface area contributed by atoms with Gasteiger partial charge in [-0.2, -0.15) is 0 Å². The van der Waals surface area contributed by atoms with E-state index in [1.54, 1.807) is 0 Å². The first-order valence-corrected chi connectivity index (χ1v) is 9.28. The van der Waals surface area contributed by atoms with Gasteiger partial charge in [0.1, 0.15) is 11.7 Å². The van der Waals surface area contributed by atoms with Crippen LogP contribution >= 0.6 is 0 Å². The summed E-state index contributed by atoms with van der Waals surface area (Å²) in [6.45, 7) is 9.42. The summed E-state index contributed by atoms with van der Waals surface area (Å²) in [6, 6.07) is -0.255. The second-order valence-corrected chi connectivity index (χ2v) is 8.47. The Kier molecular flexibility index (Phi) is 8.20. The molecule has 0 bridgehead atoms. The van der Waals surface area contributed by atoms with E-state index in [4.69, 9.17) is 4.74 Å². The highest BCUT2D eigenvalue weighted by Crippen LogP contribution is 2.28. The van der Waals surface area contributed by atoms with E-state index < -0.39 is 17.8 Å². The molecule has 1 rings (SSSR count). The second kappa shape index (κ2) is 9.40. The third-order valence-corrected chi connectivity index (χ3v) is 4.41. The van der Waals surface area contributed by atoms with Crippen molar-refractivity contribution in [3.63, 3.8) is 0 Å². The molecule has 2 unspecified atom stereocenters. The third-order valence-electron chi connectivity index (χ3n) is 4.41. The van der Waals surface area contributed by atoms with Gasteiger partial charge in [0.2, 0.25) is 0 Å². The Labute approximate surface area is 146 Å². The number of amides is 1. The smallest absolute Gasteiger partial charge is 0.407 e. The summed E-state index contributed by atoms with van der Waals surface area (Å²) in [7, 11) is 0. The van der Waals surface area contributed by atoms with Crippen molar-refractivity contribution in [2.24, 2.45) is 11.8 Å². The lowest BCUT2D eigenvalue weighted by Gasteiger charge is -2.32. The number of hydrogen-bond acceptors (Lipinski definition) is 4. The fraction of sp³-hybridized carbons (Fsp3) is 0.895. The molecule has 1 aliphatic rings. The van der Waals surface area contributed by atoms with Gasteiger partial charge in [-0.3, -0.25) is 4.79 Å². The molecule has 0 aromatic heterocycles. The number of aliphatic hydroxyl groups is 1. The predicted molar refractivity (Wildman–Crippen MR) is 94.8 cm³/mol. The summed E-state index contributed by atoms with van der Waals surface area (Å²) in [5.74, 6) is 0.354. The number of alkyl carbamates (subject to hydrolysis) is 1. The summed E-state index contributed by atoms with van der Waals surface area (Å²) < 4.78 is 5.34. The lowest BCUT2D eigenvalue weighted by molar-refractivity contribution is -0.128. The average molecular weight is 341 g/mol. The first-order valence-electron chi connectivity index (χ1n) is 9.28. The van der Waals surface area contributed by atoms with E-state index in [0.717, 1.165) is 25.7 Å². The number of hydrogen-bond donors (Lipinski definition) is 2. The number of Topliss-reactive ketones (excluding diaryl/α,β-unsaturated/α-hetero) is 1. The lowest BCUT2D eigenvalue weighted by Crippen LogP contribution is -2.45. The molecule has 2 atom stereocenters. The van der Waals surface area contributed by atoms with Crippen molar-refractivity contribution in [2.75, 3.05) is 0 Å². The van der Waals surface area contributed by atoms with Crippen LogP contribution in [0, 0.1) is 11.8 Å². The highest BCUT2D eigenvalue weighted by Gasteiger charge is 2.30. The lowest BCUT2D eigenvalue weighted by atomic mass is 9.81. The van der Waals surface area contributed by atoms with Crippen LogP contribution in [0.25, 0.3) is 0 Å². The summed E-state index contributed by atoms with van der Waals surface area (Å²) in [5, 5.41) is 13.0. The van der Waals surface area contributed by atoms with Gasteiger partial charge in [0.15, 0.2) is 5.78 Å². The quantitative estimate of drug-likeness (QED) is 0.738. The standard InChI is InChI=1S/C19H35NO4/c1-13(2)11-16(21)17(22)12-15(14-9-7-6-8-10-14)20-18(23)24-19(3,4)5/h13-16,21H,6-12H2,1-5H3,(H,20,23). The Bertz CT molecular complexity index is 408. The molecule has 0 radical (unpaired) electrons. The van der Waals surface area contributed by atoms with E-state index in [0.29, 0.717) is 6.42 Å². The Balaban J connectivity index is 2.70. The third kappa shape index (κ3) is 8.13. The number of ketones is 1. The molecule has 0 spiro atoms. The van der Waals surface area contributed by atoms with E-state index in [9.17, 15) is 14.7 Å². The van der Waals surface area contributed by atoms with Crippen molar-refractivity contribution in [3.05, 3.63) is 0 Å². The summed E-state index contributed by atoms with van der Waals surface area (Å²) in [6.07, 6.45) is 4.68. The van der Waals surface area contributed by atoms with E-state index in [1.165, 1.54) is 6.42 Å². The van der Waals surface area contributed by atoms with Crippen LogP contribution in [0.4, 0.5) is 4.79 Å². The first kappa shape index (κ1) is 20.9. The second-order valence-electron chi connectivity index (χ2n) is 8.47. The largest absolute Gasteiger partial charge is 0.444 e. The minimum Gasteiger partial charge on any atom is -0.444 e. The zero-order valence-corrected chi connectivity index (χ0v) is 15.9. The monoisotopic (exact) mass is 341 g/mol. The minimum absolute atomic E-state index is 0.178. The molecule has 0 saturated heterocycles. The van der Waals surface area contributed by atoms with Crippen molar-refractivity contribution in [2.45, 2.75) is 97.3 Å².